The van der Waals surface area contributed by atoms with Crippen LogP contribution < -0.4 is 10.1 Å². The molecule has 0 saturated carbocycles. The second kappa shape index (κ2) is 6.52. The van der Waals surface area contributed by atoms with Gasteiger partial charge in [-0.1, -0.05) is 26.0 Å². The molecule has 20 heavy (non-hydrogen) atoms. The number of benzene rings is 1. The van der Waals surface area contributed by atoms with Gasteiger partial charge in [-0.3, -0.25) is 4.79 Å². The Bertz CT molecular complexity index is 593. The molecule has 1 aromatic heterocycles. The highest BCUT2D eigenvalue weighted by Crippen LogP contribution is 2.25. The maximum atomic E-state index is 12.0. The van der Waals surface area contributed by atoms with Crippen molar-refractivity contribution in [2.24, 2.45) is 0 Å². The van der Waals surface area contributed by atoms with Crippen LogP contribution in [0.15, 0.2) is 30.5 Å². The fourth-order valence-electron chi connectivity index (χ4n) is 1.74. The third-order valence-corrected chi connectivity index (χ3v) is 4.05. The number of hydrogen-bond acceptors (Lipinski definition) is 4. The number of ether oxygens (including phenoxy) is 1. The number of rotatable bonds is 5. The molecule has 0 aliphatic carbocycles. The molecule has 1 N–H and O–H groups in total. The number of carbonyl (C=O) groups excluding carboxylic acids is 1. The van der Waals surface area contributed by atoms with Gasteiger partial charge < -0.3 is 10.1 Å². The molecule has 0 fully saturated rings. The monoisotopic (exact) mass is 290 g/mol. The summed E-state index contributed by atoms with van der Waals surface area (Å²) in [4.78, 5) is 17.4. The van der Waals surface area contributed by atoms with Gasteiger partial charge in [0.2, 0.25) is 5.91 Å². The number of methoxy groups -OCH3 is 1. The molecule has 0 aliphatic heterocycles. The minimum absolute atomic E-state index is 0.0668. The van der Waals surface area contributed by atoms with Crippen LogP contribution in [-0.4, -0.2) is 18.0 Å². The van der Waals surface area contributed by atoms with E-state index in [1.807, 2.05) is 30.5 Å². The lowest BCUT2D eigenvalue weighted by molar-refractivity contribution is -0.115. The summed E-state index contributed by atoms with van der Waals surface area (Å²) in [5.41, 5.74) is 0.919. The fraction of sp³-hybridized carbons (Fsp3) is 0.333. The highest BCUT2D eigenvalue weighted by Gasteiger charge is 2.09. The Kier molecular flexibility index (Phi) is 4.74. The van der Waals surface area contributed by atoms with Crippen molar-refractivity contribution >= 4 is 22.4 Å². The average molecular weight is 290 g/mol. The maximum absolute atomic E-state index is 12.0. The van der Waals surface area contributed by atoms with E-state index < -0.39 is 0 Å². The normalized spacial score (nSPS) is 10.6. The molecule has 1 amide bonds. The van der Waals surface area contributed by atoms with Crippen LogP contribution in [0.2, 0.25) is 0 Å². The van der Waals surface area contributed by atoms with Crippen molar-refractivity contribution < 1.29 is 9.53 Å². The van der Waals surface area contributed by atoms with Crippen LogP contribution >= 0.6 is 11.3 Å². The van der Waals surface area contributed by atoms with Gasteiger partial charge in [-0.25, -0.2) is 4.98 Å². The van der Waals surface area contributed by atoms with Gasteiger partial charge in [-0.05, 0) is 23.6 Å². The number of aromatic nitrogens is 1. The van der Waals surface area contributed by atoms with E-state index in [2.05, 4.69) is 24.1 Å². The smallest absolute Gasteiger partial charge is 0.230 e. The highest BCUT2D eigenvalue weighted by molar-refractivity contribution is 7.15. The summed E-state index contributed by atoms with van der Waals surface area (Å²) < 4.78 is 5.14. The van der Waals surface area contributed by atoms with Crippen LogP contribution in [0.3, 0.4) is 0 Å². The first-order valence-electron chi connectivity index (χ1n) is 6.47. The van der Waals surface area contributed by atoms with Gasteiger partial charge in [0, 0.05) is 11.1 Å². The standard InChI is InChI=1S/C15H18N2O2S/c1-10(2)13-9-16-15(20-13)17-14(18)8-11-5-4-6-12(7-11)19-3/h4-7,9-10H,8H2,1-3H3,(H,16,17,18). The molecular formula is C15H18N2O2S. The van der Waals surface area contributed by atoms with Gasteiger partial charge in [0.1, 0.15) is 5.75 Å². The molecule has 0 radical (unpaired) electrons. The van der Waals surface area contributed by atoms with Crippen LogP contribution in [0, 0.1) is 0 Å². The molecule has 1 heterocycles. The minimum Gasteiger partial charge on any atom is -0.497 e. The maximum Gasteiger partial charge on any atom is 0.230 e. The highest BCUT2D eigenvalue weighted by atomic mass is 32.1. The molecule has 2 rings (SSSR count). The Labute approximate surface area is 122 Å². The second-order valence-corrected chi connectivity index (χ2v) is 5.86. The first kappa shape index (κ1) is 14.5. The number of nitrogens with zero attached hydrogens (tertiary/aromatic N) is 1. The van der Waals surface area contributed by atoms with Crippen LogP contribution in [-0.2, 0) is 11.2 Å². The summed E-state index contributed by atoms with van der Waals surface area (Å²) in [6.45, 7) is 4.21. The third kappa shape index (κ3) is 3.81. The zero-order valence-electron chi connectivity index (χ0n) is 11.8. The molecule has 0 bridgehead atoms. The van der Waals surface area contributed by atoms with Crippen molar-refractivity contribution in [3.05, 3.63) is 40.9 Å². The molecule has 1 aromatic carbocycles. The SMILES string of the molecule is COc1cccc(CC(=O)Nc2ncc(C(C)C)s2)c1. The lowest BCUT2D eigenvalue weighted by atomic mass is 10.1. The lowest BCUT2D eigenvalue weighted by Gasteiger charge is -2.04. The number of amides is 1. The molecule has 106 valence electrons. The summed E-state index contributed by atoms with van der Waals surface area (Å²) in [5.74, 6) is 1.12. The quantitative estimate of drug-likeness (QED) is 0.917. The summed E-state index contributed by atoms with van der Waals surface area (Å²) >= 11 is 1.52. The number of carbonyl (C=O) groups is 1. The predicted molar refractivity (Wildman–Crippen MR) is 81.5 cm³/mol. The van der Waals surface area contributed by atoms with Gasteiger partial charge in [0.25, 0.3) is 0 Å². The molecule has 0 spiro atoms. The molecule has 0 aliphatic rings. The summed E-state index contributed by atoms with van der Waals surface area (Å²) in [7, 11) is 1.61. The van der Waals surface area contributed by atoms with Crippen LogP contribution in [0.4, 0.5) is 5.13 Å². The first-order valence-corrected chi connectivity index (χ1v) is 7.28. The van der Waals surface area contributed by atoms with Gasteiger partial charge in [-0.15, -0.1) is 11.3 Å². The van der Waals surface area contributed by atoms with Gasteiger partial charge >= 0.3 is 0 Å². The minimum atomic E-state index is -0.0668. The van der Waals surface area contributed by atoms with E-state index in [-0.39, 0.29) is 5.91 Å². The van der Waals surface area contributed by atoms with Crippen molar-refractivity contribution in [3.8, 4) is 5.75 Å². The Morgan fingerprint density at radius 3 is 2.90 bits per heavy atom. The predicted octanol–water partition coefficient (Wildman–Crippen LogP) is 3.46. The van der Waals surface area contributed by atoms with E-state index in [0.29, 0.717) is 17.5 Å². The average Bonchev–Trinajstić information content (AvgIpc) is 2.87. The van der Waals surface area contributed by atoms with E-state index in [1.54, 1.807) is 7.11 Å². The molecule has 2 aromatic rings. The summed E-state index contributed by atoms with van der Waals surface area (Å²) in [6, 6.07) is 7.50. The van der Waals surface area contributed by atoms with Gasteiger partial charge in [-0.2, -0.15) is 0 Å². The molecular weight excluding hydrogens is 272 g/mol. The van der Waals surface area contributed by atoms with Crippen molar-refractivity contribution in [2.75, 3.05) is 12.4 Å². The number of thiazole rings is 1. The first-order chi connectivity index (χ1) is 9.58. The summed E-state index contributed by atoms with van der Waals surface area (Å²) in [5, 5.41) is 3.49. The molecule has 4 nitrogen and oxygen atoms in total. The van der Waals surface area contributed by atoms with Gasteiger partial charge in [0.05, 0.1) is 13.5 Å². The Balaban J connectivity index is 1.97. The van der Waals surface area contributed by atoms with E-state index in [4.69, 9.17) is 4.74 Å². The van der Waals surface area contributed by atoms with Crippen molar-refractivity contribution in [1.29, 1.82) is 0 Å². The third-order valence-electron chi connectivity index (χ3n) is 2.84. The van der Waals surface area contributed by atoms with Crippen LogP contribution in [0.1, 0.15) is 30.2 Å². The summed E-state index contributed by atoms with van der Waals surface area (Å²) in [6.07, 6.45) is 2.13. The largest absolute Gasteiger partial charge is 0.497 e. The number of anilines is 1. The van der Waals surface area contributed by atoms with Crippen molar-refractivity contribution in [2.45, 2.75) is 26.2 Å². The molecule has 0 saturated heterocycles. The fourth-order valence-corrected chi connectivity index (χ4v) is 2.58. The second-order valence-electron chi connectivity index (χ2n) is 4.80. The van der Waals surface area contributed by atoms with E-state index in [0.717, 1.165) is 11.3 Å². The Morgan fingerprint density at radius 2 is 2.25 bits per heavy atom. The Morgan fingerprint density at radius 1 is 1.45 bits per heavy atom. The van der Waals surface area contributed by atoms with Gasteiger partial charge in [0.15, 0.2) is 5.13 Å². The zero-order valence-corrected chi connectivity index (χ0v) is 12.7. The molecule has 0 unspecified atom stereocenters. The lowest BCUT2D eigenvalue weighted by Crippen LogP contribution is -2.14. The van der Waals surface area contributed by atoms with E-state index in [9.17, 15) is 4.79 Å². The van der Waals surface area contributed by atoms with Crippen molar-refractivity contribution in [3.63, 3.8) is 0 Å². The number of nitrogens with one attached hydrogen (secondary N) is 1. The molecule has 5 heteroatoms. The van der Waals surface area contributed by atoms with Crippen LogP contribution in [0.25, 0.3) is 0 Å². The zero-order chi connectivity index (χ0) is 14.5. The van der Waals surface area contributed by atoms with E-state index in [1.165, 1.54) is 16.2 Å². The van der Waals surface area contributed by atoms with E-state index >= 15 is 0 Å². The topological polar surface area (TPSA) is 51.2 Å². The number of hydrogen-bond donors (Lipinski definition) is 1. The molecule has 0 atom stereocenters. The van der Waals surface area contributed by atoms with Crippen molar-refractivity contribution in [1.82, 2.24) is 4.98 Å². The van der Waals surface area contributed by atoms with Crippen LogP contribution in [0.5, 0.6) is 5.75 Å². The Hall–Kier alpha value is -1.88.